The summed E-state index contributed by atoms with van der Waals surface area (Å²) in [5.41, 5.74) is -2.24. The van der Waals surface area contributed by atoms with Gasteiger partial charge in [-0.1, -0.05) is 6.42 Å². The van der Waals surface area contributed by atoms with Gasteiger partial charge in [0.05, 0.1) is 5.60 Å². The van der Waals surface area contributed by atoms with E-state index in [9.17, 15) is 19.8 Å². The lowest BCUT2D eigenvalue weighted by molar-refractivity contribution is -0.168. The Morgan fingerprint density at radius 3 is 2.12 bits per heavy atom. The molecule has 1 amide bonds. The number of amides is 1. The molecule has 5 heteroatoms. The maximum atomic E-state index is 12.2. The highest BCUT2D eigenvalue weighted by Gasteiger charge is 2.53. The molecule has 0 aromatic heterocycles. The molecule has 0 bridgehead atoms. The van der Waals surface area contributed by atoms with Gasteiger partial charge in [-0.3, -0.25) is 9.59 Å². The summed E-state index contributed by atoms with van der Waals surface area (Å²) in [6.45, 7) is 5.58. The summed E-state index contributed by atoms with van der Waals surface area (Å²) in [5, 5.41) is 18.9. The zero-order valence-electron chi connectivity index (χ0n) is 10.7. The number of carbonyl (C=O) groups excluding carboxylic acids is 1. The molecule has 0 atom stereocenters. The van der Waals surface area contributed by atoms with E-state index >= 15 is 0 Å². The number of nitrogens with zero attached hydrogens (tertiary/aromatic N) is 1. The second kappa shape index (κ2) is 4.64. The number of hydrogen-bond acceptors (Lipinski definition) is 3. The first-order valence-electron chi connectivity index (χ1n) is 5.98. The molecule has 0 unspecified atom stereocenters. The van der Waals surface area contributed by atoms with Crippen LogP contribution in [-0.2, 0) is 9.59 Å². The number of carboxylic acids is 1. The van der Waals surface area contributed by atoms with Crippen molar-refractivity contribution >= 4 is 11.9 Å². The van der Waals surface area contributed by atoms with Gasteiger partial charge in [0.1, 0.15) is 5.41 Å². The number of aliphatic carboxylic acids is 1. The quantitative estimate of drug-likeness (QED) is 0.702. The summed E-state index contributed by atoms with van der Waals surface area (Å²) < 4.78 is 0. The van der Waals surface area contributed by atoms with Crippen LogP contribution < -0.4 is 0 Å². The highest BCUT2D eigenvalue weighted by molar-refractivity contribution is 6.02. The van der Waals surface area contributed by atoms with Crippen LogP contribution in [0.4, 0.5) is 0 Å². The summed E-state index contributed by atoms with van der Waals surface area (Å²) >= 11 is 0. The smallest absolute Gasteiger partial charge is 0.319 e. The van der Waals surface area contributed by atoms with Crippen molar-refractivity contribution < 1.29 is 19.8 Å². The Hall–Kier alpha value is -1.10. The third-order valence-corrected chi connectivity index (χ3v) is 3.27. The second-order valence-electron chi connectivity index (χ2n) is 5.37. The summed E-state index contributed by atoms with van der Waals surface area (Å²) in [5.74, 6) is -1.40. The zero-order chi connectivity index (χ0) is 13.3. The van der Waals surface area contributed by atoms with Gasteiger partial charge in [-0.15, -0.1) is 0 Å². The first-order valence-corrected chi connectivity index (χ1v) is 5.98. The van der Waals surface area contributed by atoms with Gasteiger partial charge >= 0.3 is 5.97 Å². The third-order valence-electron chi connectivity index (χ3n) is 3.27. The molecule has 17 heavy (non-hydrogen) atoms. The molecule has 98 valence electrons. The Labute approximate surface area is 101 Å². The molecule has 0 radical (unpaired) electrons. The SMILES string of the molecule is CCN(CC(C)(C)O)C(=O)C1(C(=O)O)CCC1. The van der Waals surface area contributed by atoms with Gasteiger partial charge in [0.2, 0.25) is 5.91 Å². The van der Waals surface area contributed by atoms with Gasteiger partial charge < -0.3 is 15.1 Å². The Morgan fingerprint density at radius 1 is 1.35 bits per heavy atom. The summed E-state index contributed by atoms with van der Waals surface area (Å²) in [4.78, 5) is 24.9. The summed E-state index contributed by atoms with van der Waals surface area (Å²) in [6.07, 6.45) is 1.59. The van der Waals surface area contributed by atoms with Crippen LogP contribution in [0.5, 0.6) is 0 Å². The predicted octanol–water partition coefficient (Wildman–Crippen LogP) is 0.861. The lowest BCUT2D eigenvalue weighted by atomic mass is 9.67. The normalized spacial score (nSPS) is 18.4. The van der Waals surface area contributed by atoms with Crippen LogP contribution in [0.1, 0.15) is 40.0 Å². The molecular formula is C12H21NO4. The van der Waals surface area contributed by atoms with E-state index in [-0.39, 0.29) is 12.5 Å². The molecule has 5 nitrogen and oxygen atoms in total. The number of likely N-dealkylation sites (N-methyl/N-ethyl adjacent to an activating group) is 1. The molecule has 1 aliphatic rings. The van der Waals surface area contributed by atoms with E-state index in [2.05, 4.69) is 0 Å². The lowest BCUT2D eigenvalue weighted by Gasteiger charge is -2.41. The van der Waals surface area contributed by atoms with E-state index in [0.717, 1.165) is 6.42 Å². The van der Waals surface area contributed by atoms with Crippen LogP contribution in [0.15, 0.2) is 0 Å². The molecule has 0 spiro atoms. The van der Waals surface area contributed by atoms with Crippen LogP contribution >= 0.6 is 0 Å². The molecule has 1 fully saturated rings. The highest BCUT2D eigenvalue weighted by atomic mass is 16.4. The summed E-state index contributed by atoms with van der Waals surface area (Å²) in [7, 11) is 0. The molecule has 0 aliphatic heterocycles. The number of rotatable bonds is 5. The summed E-state index contributed by atoms with van der Waals surface area (Å²) in [6, 6.07) is 0. The molecule has 0 saturated heterocycles. The van der Waals surface area contributed by atoms with Crippen LogP contribution in [0.2, 0.25) is 0 Å². The number of aliphatic hydroxyl groups is 1. The molecule has 0 heterocycles. The van der Waals surface area contributed by atoms with Crippen molar-refractivity contribution in [2.45, 2.75) is 45.6 Å². The van der Waals surface area contributed by atoms with E-state index in [1.807, 2.05) is 0 Å². The molecule has 2 N–H and O–H groups in total. The van der Waals surface area contributed by atoms with Crippen molar-refractivity contribution in [1.29, 1.82) is 0 Å². The fourth-order valence-corrected chi connectivity index (χ4v) is 2.15. The maximum Gasteiger partial charge on any atom is 0.319 e. The van der Waals surface area contributed by atoms with Gasteiger partial charge in [0.15, 0.2) is 0 Å². The van der Waals surface area contributed by atoms with Gasteiger partial charge in [-0.2, -0.15) is 0 Å². The average Bonchev–Trinajstić information content (AvgIpc) is 2.09. The minimum Gasteiger partial charge on any atom is -0.480 e. The Balaban J connectivity index is 2.82. The van der Waals surface area contributed by atoms with Crippen LogP contribution in [0, 0.1) is 5.41 Å². The van der Waals surface area contributed by atoms with Gasteiger partial charge in [-0.25, -0.2) is 0 Å². The largest absolute Gasteiger partial charge is 0.480 e. The van der Waals surface area contributed by atoms with Crippen molar-refractivity contribution in [1.82, 2.24) is 4.90 Å². The number of carboxylic acid groups (broad SMARTS) is 1. The predicted molar refractivity (Wildman–Crippen MR) is 62.5 cm³/mol. The zero-order valence-corrected chi connectivity index (χ0v) is 10.7. The van der Waals surface area contributed by atoms with Crippen molar-refractivity contribution in [2.75, 3.05) is 13.1 Å². The Bertz CT molecular complexity index is 315. The molecule has 1 saturated carbocycles. The number of carbonyl (C=O) groups is 2. The molecular weight excluding hydrogens is 222 g/mol. The Morgan fingerprint density at radius 2 is 1.88 bits per heavy atom. The molecule has 1 rings (SSSR count). The highest BCUT2D eigenvalue weighted by Crippen LogP contribution is 2.43. The van der Waals surface area contributed by atoms with E-state index in [1.165, 1.54) is 4.90 Å². The van der Waals surface area contributed by atoms with Crippen molar-refractivity contribution in [3.63, 3.8) is 0 Å². The van der Waals surface area contributed by atoms with E-state index in [4.69, 9.17) is 0 Å². The molecule has 1 aliphatic carbocycles. The fraction of sp³-hybridized carbons (Fsp3) is 0.833. The standard InChI is InChI=1S/C12H21NO4/c1-4-13(8-11(2,3)17)9(14)12(10(15)16)6-5-7-12/h17H,4-8H2,1-3H3,(H,15,16). The minimum absolute atomic E-state index is 0.164. The van der Waals surface area contributed by atoms with Crippen LogP contribution in [0.3, 0.4) is 0 Å². The van der Waals surface area contributed by atoms with Gasteiger partial charge in [-0.05, 0) is 33.6 Å². The molecule has 0 aromatic rings. The maximum absolute atomic E-state index is 12.2. The van der Waals surface area contributed by atoms with Gasteiger partial charge in [0, 0.05) is 13.1 Å². The number of hydrogen-bond donors (Lipinski definition) is 2. The van der Waals surface area contributed by atoms with Crippen molar-refractivity contribution in [3.8, 4) is 0 Å². The molecule has 0 aromatic carbocycles. The first-order chi connectivity index (χ1) is 7.73. The van der Waals surface area contributed by atoms with Crippen LogP contribution in [-0.4, -0.2) is 45.7 Å². The second-order valence-corrected chi connectivity index (χ2v) is 5.37. The minimum atomic E-state index is -1.23. The third kappa shape index (κ3) is 2.77. The Kier molecular flexibility index (Phi) is 3.81. The first kappa shape index (κ1) is 14.0. The fourth-order valence-electron chi connectivity index (χ4n) is 2.15. The monoisotopic (exact) mass is 243 g/mol. The topological polar surface area (TPSA) is 77.8 Å². The lowest BCUT2D eigenvalue weighted by Crippen LogP contribution is -2.55. The van der Waals surface area contributed by atoms with Crippen molar-refractivity contribution in [3.05, 3.63) is 0 Å². The van der Waals surface area contributed by atoms with E-state index < -0.39 is 17.0 Å². The van der Waals surface area contributed by atoms with Gasteiger partial charge in [0.25, 0.3) is 0 Å². The van der Waals surface area contributed by atoms with Crippen LogP contribution in [0.25, 0.3) is 0 Å². The van der Waals surface area contributed by atoms with E-state index in [0.29, 0.717) is 19.4 Å². The van der Waals surface area contributed by atoms with Crippen molar-refractivity contribution in [2.24, 2.45) is 5.41 Å². The van der Waals surface area contributed by atoms with E-state index in [1.54, 1.807) is 20.8 Å². The average molecular weight is 243 g/mol.